The van der Waals surface area contributed by atoms with Crippen LogP contribution in [-0.4, -0.2) is 13.0 Å². The van der Waals surface area contributed by atoms with Crippen molar-refractivity contribution in [2.75, 3.05) is 12.8 Å². The van der Waals surface area contributed by atoms with E-state index in [1.165, 1.54) is 7.11 Å². The molecule has 0 heterocycles. The maximum Gasteiger partial charge on any atom is 0.253 e. The number of nitrogen functional groups attached to an aromatic ring is 1. The van der Waals surface area contributed by atoms with Gasteiger partial charge < -0.3 is 15.8 Å². The van der Waals surface area contributed by atoms with Crippen molar-refractivity contribution in [3.8, 4) is 11.8 Å². The third-order valence-corrected chi connectivity index (χ3v) is 3.04. The van der Waals surface area contributed by atoms with Crippen LogP contribution in [0.5, 0.6) is 5.75 Å². The molecule has 0 radical (unpaired) electrons. The monoisotopic (exact) mass is 281 g/mol. The first-order chi connectivity index (χ1) is 10.2. The van der Waals surface area contributed by atoms with Gasteiger partial charge in [0, 0.05) is 6.54 Å². The molecule has 0 fully saturated rings. The lowest BCUT2D eigenvalue weighted by Crippen LogP contribution is -2.24. The molecule has 106 valence electrons. The van der Waals surface area contributed by atoms with Gasteiger partial charge in [0.25, 0.3) is 5.91 Å². The van der Waals surface area contributed by atoms with Gasteiger partial charge in [0.1, 0.15) is 5.75 Å². The molecule has 5 heteroatoms. The lowest BCUT2D eigenvalue weighted by atomic mass is 10.1. The Bertz CT molecular complexity index is 705. The lowest BCUT2D eigenvalue weighted by Gasteiger charge is -2.10. The van der Waals surface area contributed by atoms with Gasteiger partial charge in [-0.05, 0) is 29.8 Å². The summed E-state index contributed by atoms with van der Waals surface area (Å²) < 4.78 is 5.09. The Morgan fingerprint density at radius 3 is 2.81 bits per heavy atom. The number of para-hydroxylation sites is 1. The molecule has 0 unspecified atom stereocenters. The fourth-order valence-corrected chi connectivity index (χ4v) is 1.95. The number of ether oxygens (including phenoxy) is 1. The summed E-state index contributed by atoms with van der Waals surface area (Å²) in [5.41, 5.74) is 7.96. The zero-order valence-electron chi connectivity index (χ0n) is 11.6. The molecule has 3 N–H and O–H groups in total. The zero-order valence-corrected chi connectivity index (χ0v) is 11.6. The number of nitrogens with one attached hydrogen (secondary N) is 1. The lowest BCUT2D eigenvalue weighted by molar-refractivity contribution is 0.0951. The van der Waals surface area contributed by atoms with Crippen LogP contribution >= 0.6 is 0 Å². The third kappa shape index (κ3) is 3.31. The number of methoxy groups -OCH3 is 1. The van der Waals surface area contributed by atoms with Crippen molar-refractivity contribution >= 4 is 11.6 Å². The van der Waals surface area contributed by atoms with E-state index in [-0.39, 0.29) is 5.91 Å². The SMILES string of the molecule is COc1cccc(C(=O)NCc2cccc(C#N)c2)c1N. The Balaban J connectivity index is 2.10. The van der Waals surface area contributed by atoms with Crippen LogP contribution in [0, 0.1) is 11.3 Å². The molecular weight excluding hydrogens is 266 g/mol. The molecular formula is C16H15N3O2. The molecule has 0 spiro atoms. The molecule has 21 heavy (non-hydrogen) atoms. The number of nitrogens with two attached hydrogens (primary N) is 1. The van der Waals surface area contributed by atoms with Gasteiger partial charge in [-0.15, -0.1) is 0 Å². The molecule has 2 aromatic carbocycles. The molecule has 0 aliphatic rings. The van der Waals surface area contributed by atoms with E-state index >= 15 is 0 Å². The second-order valence-corrected chi connectivity index (χ2v) is 4.42. The first-order valence-corrected chi connectivity index (χ1v) is 6.35. The van der Waals surface area contributed by atoms with Crippen LogP contribution in [0.1, 0.15) is 21.5 Å². The normalized spacial score (nSPS) is 9.71. The number of carbonyl (C=O) groups excluding carboxylic acids is 1. The molecule has 0 saturated carbocycles. The second kappa shape index (κ2) is 6.44. The van der Waals surface area contributed by atoms with E-state index in [0.29, 0.717) is 29.1 Å². The molecule has 2 aromatic rings. The number of amides is 1. The van der Waals surface area contributed by atoms with Gasteiger partial charge in [-0.2, -0.15) is 5.26 Å². The summed E-state index contributed by atoms with van der Waals surface area (Å²) in [6.07, 6.45) is 0. The standard InChI is InChI=1S/C16H15N3O2/c1-21-14-7-3-6-13(15(14)18)16(20)19-10-12-5-2-4-11(8-12)9-17/h2-8H,10,18H2,1H3,(H,19,20). The Morgan fingerprint density at radius 1 is 1.33 bits per heavy atom. The van der Waals surface area contributed by atoms with Gasteiger partial charge in [-0.3, -0.25) is 4.79 Å². The largest absolute Gasteiger partial charge is 0.495 e. The van der Waals surface area contributed by atoms with Gasteiger partial charge in [0.2, 0.25) is 0 Å². The highest BCUT2D eigenvalue weighted by molar-refractivity contribution is 6.00. The summed E-state index contributed by atoms with van der Waals surface area (Å²) >= 11 is 0. The Hall–Kier alpha value is -3.00. The van der Waals surface area contributed by atoms with Crippen molar-refractivity contribution in [2.24, 2.45) is 0 Å². The summed E-state index contributed by atoms with van der Waals surface area (Å²) in [6.45, 7) is 0.324. The molecule has 0 aliphatic heterocycles. The maximum atomic E-state index is 12.1. The number of hydrogen-bond acceptors (Lipinski definition) is 4. The van der Waals surface area contributed by atoms with E-state index in [1.807, 2.05) is 6.07 Å². The van der Waals surface area contributed by atoms with E-state index in [0.717, 1.165) is 5.56 Å². The van der Waals surface area contributed by atoms with Crippen LogP contribution in [0.2, 0.25) is 0 Å². The molecule has 0 aromatic heterocycles. The number of nitriles is 1. The van der Waals surface area contributed by atoms with Gasteiger partial charge in [-0.25, -0.2) is 0 Å². The van der Waals surface area contributed by atoms with Crippen molar-refractivity contribution in [3.05, 3.63) is 59.2 Å². The minimum atomic E-state index is -0.284. The van der Waals surface area contributed by atoms with E-state index < -0.39 is 0 Å². The van der Waals surface area contributed by atoms with E-state index in [1.54, 1.807) is 36.4 Å². The molecule has 2 rings (SSSR count). The minimum absolute atomic E-state index is 0.284. The molecule has 0 saturated heterocycles. The number of benzene rings is 2. The topological polar surface area (TPSA) is 88.1 Å². The highest BCUT2D eigenvalue weighted by Gasteiger charge is 2.12. The van der Waals surface area contributed by atoms with Crippen LogP contribution in [0.25, 0.3) is 0 Å². The van der Waals surface area contributed by atoms with Crippen LogP contribution in [0.3, 0.4) is 0 Å². The van der Waals surface area contributed by atoms with Crippen LogP contribution in [0.15, 0.2) is 42.5 Å². The van der Waals surface area contributed by atoms with E-state index in [4.69, 9.17) is 15.7 Å². The predicted octanol–water partition coefficient (Wildman–Crippen LogP) is 2.08. The Kier molecular flexibility index (Phi) is 4.42. The Morgan fingerprint density at radius 2 is 2.10 bits per heavy atom. The van der Waals surface area contributed by atoms with Gasteiger partial charge in [-0.1, -0.05) is 18.2 Å². The maximum absolute atomic E-state index is 12.1. The summed E-state index contributed by atoms with van der Waals surface area (Å²) in [6, 6.07) is 14.2. The minimum Gasteiger partial charge on any atom is -0.495 e. The van der Waals surface area contributed by atoms with Crippen molar-refractivity contribution in [1.82, 2.24) is 5.32 Å². The van der Waals surface area contributed by atoms with Crippen molar-refractivity contribution in [2.45, 2.75) is 6.54 Å². The van der Waals surface area contributed by atoms with Crippen LogP contribution < -0.4 is 15.8 Å². The average Bonchev–Trinajstić information content (AvgIpc) is 2.53. The highest BCUT2D eigenvalue weighted by atomic mass is 16.5. The fourth-order valence-electron chi connectivity index (χ4n) is 1.95. The van der Waals surface area contributed by atoms with Gasteiger partial charge in [0.15, 0.2) is 0 Å². The molecule has 0 aliphatic carbocycles. The number of nitrogens with zero attached hydrogens (tertiary/aromatic N) is 1. The van der Waals surface area contributed by atoms with Crippen LogP contribution in [0.4, 0.5) is 5.69 Å². The smallest absolute Gasteiger partial charge is 0.253 e. The van der Waals surface area contributed by atoms with Crippen molar-refractivity contribution < 1.29 is 9.53 Å². The number of hydrogen-bond donors (Lipinski definition) is 2. The summed E-state index contributed by atoms with van der Waals surface area (Å²) in [5.74, 6) is 0.183. The van der Waals surface area contributed by atoms with Crippen molar-refractivity contribution in [1.29, 1.82) is 5.26 Å². The summed E-state index contributed by atoms with van der Waals surface area (Å²) in [7, 11) is 1.50. The van der Waals surface area contributed by atoms with E-state index in [9.17, 15) is 4.79 Å². The average molecular weight is 281 g/mol. The molecule has 0 bridgehead atoms. The van der Waals surface area contributed by atoms with Crippen LogP contribution in [-0.2, 0) is 6.54 Å². The van der Waals surface area contributed by atoms with Crippen molar-refractivity contribution in [3.63, 3.8) is 0 Å². The van der Waals surface area contributed by atoms with Gasteiger partial charge >= 0.3 is 0 Å². The molecule has 0 atom stereocenters. The number of rotatable bonds is 4. The molecule has 5 nitrogen and oxygen atoms in total. The predicted molar refractivity (Wildman–Crippen MR) is 79.7 cm³/mol. The summed E-state index contributed by atoms with van der Waals surface area (Å²) in [4.78, 5) is 12.1. The molecule has 1 amide bonds. The summed E-state index contributed by atoms with van der Waals surface area (Å²) in [5, 5.41) is 11.6. The first-order valence-electron chi connectivity index (χ1n) is 6.35. The second-order valence-electron chi connectivity index (χ2n) is 4.42. The fraction of sp³-hybridized carbons (Fsp3) is 0.125. The zero-order chi connectivity index (χ0) is 15.2. The number of anilines is 1. The number of carbonyl (C=O) groups is 1. The van der Waals surface area contributed by atoms with Gasteiger partial charge in [0.05, 0.1) is 30.0 Å². The quantitative estimate of drug-likeness (QED) is 0.840. The Labute approximate surface area is 123 Å². The first kappa shape index (κ1) is 14.4. The highest BCUT2D eigenvalue weighted by Crippen LogP contribution is 2.24. The third-order valence-electron chi connectivity index (χ3n) is 3.04. The van der Waals surface area contributed by atoms with E-state index in [2.05, 4.69) is 11.4 Å².